The van der Waals surface area contributed by atoms with Gasteiger partial charge in [-0.1, -0.05) is 6.07 Å². The molecule has 1 aromatic heterocycles. The Morgan fingerprint density at radius 3 is 3.14 bits per heavy atom. The number of thiophene rings is 1. The van der Waals surface area contributed by atoms with Crippen LogP contribution in [0, 0.1) is 0 Å². The van der Waals surface area contributed by atoms with Gasteiger partial charge in [0.05, 0.1) is 6.61 Å². The molecule has 0 amide bonds. The molecule has 0 aliphatic carbocycles. The van der Waals surface area contributed by atoms with E-state index in [9.17, 15) is 0 Å². The van der Waals surface area contributed by atoms with Crippen LogP contribution in [0.2, 0.25) is 0 Å². The summed E-state index contributed by atoms with van der Waals surface area (Å²) >= 11 is 1.84. The fourth-order valence-electron chi connectivity index (χ4n) is 2.22. The molecule has 2 heterocycles. The van der Waals surface area contributed by atoms with Gasteiger partial charge in [-0.2, -0.15) is 0 Å². The van der Waals surface area contributed by atoms with Crippen molar-refractivity contribution in [1.82, 2.24) is 5.32 Å². The van der Waals surface area contributed by atoms with Crippen molar-refractivity contribution in [1.29, 1.82) is 0 Å². The Morgan fingerprint density at radius 1 is 1.64 bits per heavy atom. The smallest absolute Gasteiger partial charge is 0.0648 e. The van der Waals surface area contributed by atoms with Gasteiger partial charge in [-0.05, 0) is 30.8 Å². The van der Waals surface area contributed by atoms with Crippen molar-refractivity contribution in [3.63, 3.8) is 0 Å². The van der Waals surface area contributed by atoms with Gasteiger partial charge in [-0.3, -0.25) is 0 Å². The summed E-state index contributed by atoms with van der Waals surface area (Å²) in [5.74, 6) is 0. The van der Waals surface area contributed by atoms with Gasteiger partial charge in [0.25, 0.3) is 0 Å². The zero-order valence-corrected chi connectivity index (χ0v) is 9.40. The van der Waals surface area contributed by atoms with Crippen molar-refractivity contribution in [3.8, 4) is 0 Å². The van der Waals surface area contributed by atoms with Gasteiger partial charge >= 0.3 is 0 Å². The summed E-state index contributed by atoms with van der Waals surface area (Å²) in [5, 5.41) is 5.73. The van der Waals surface area contributed by atoms with Gasteiger partial charge < -0.3 is 10.1 Å². The van der Waals surface area contributed by atoms with E-state index in [1.54, 1.807) is 7.11 Å². The minimum absolute atomic E-state index is 0.208. The van der Waals surface area contributed by atoms with E-state index in [0.29, 0.717) is 0 Å². The lowest BCUT2D eigenvalue weighted by molar-refractivity contribution is 0.120. The zero-order chi connectivity index (χ0) is 9.86. The molecule has 0 saturated carbocycles. The molecule has 1 unspecified atom stereocenters. The monoisotopic (exact) mass is 211 g/mol. The third kappa shape index (κ3) is 2.16. The highest BCUT2D eigenvalue weighted by molar-refractivity contribution is 7.09. The molecular weight excluding hydrogens is 194 g/mol. The Kier molecular flexibility index (Phi) is 3.21. The van der Waals surface area contributed by atoms with Gasteiger partial charge in [-0.25, -0.2) is 0 Å². The molecule has 3 heteroatoms. The molecule has 1 aromatic rings. The lowest BCUT2D eigenvalue weighted by Gasteiger charge is -2.28. The first kappa shape index (κ1) is 10.1. The summed E-state index contributed by atoms with van der Waals surface area (Å²) in [7, 11) is 1.79. The Labute approximate surface area is 89.3 Å². The van der Waals surface area contributed by atoms with Crippen molar-refractivity contribution in [3.05, 3.63) is 22.4 Å². The van der Waals surface area contributed by atoms with E-state index in [1.807, 2.05) is 11.3 Å². The molecule has 2 nitrogen and oxygen atoms in total. The van der Waals surface area contributed by atoms with Crippen LogP contribution in [0.1, 0.15) is 17.7 Å². The van der Waals surface area contributed by atoms with Crippen LogP contribution >= 0.6 is 11.3 Å². The van der Waals surface area contributed by atoms with Crippen LogP contribution in [0.3, 0.4) is 0 Å². The fourth-order valence-corrected chi connectivity index (χ4v) is 3.07. The van der Waals surface area contributed by atoms with Crippen LogP contribution in [-0.2, 0) is 11.2 Å². The van der Waals surface area contributed by atoms with Crippen LogP contribution in [0.5, 0.6) is 0 Å². The molecule has 1 aliphatic rings. The highest BCUT2D eigenvalue weighted by Crippen LogP contribution is 2.26. The van der Waals surface area contributed by atoms with E-state index < -0.39 is 0 Å². The van der Waals surface area contributed by atoms with Gasteiger partial charge in [-0.15, -0.1) is 11.3 Å². The molecule has 1 saturated heterocycles. The lowest BCUT2D eigenvalue weighted by atomic mass is 9.93. The van der Waals surface area contributed by atoms with Crippen LogP contribution < -0.4 is 5.32 Å². The third-order valence-corrected chi connectivity index (χ3v) is 3.72. The Balaban J connectivity index is 2.04. The topological polar surface area (TPSA) is 21.3 Å². The number of hydrogen-bond acceptors (Lipinski definition) is 3. The fraction of sp³-hybridized carbons (Fsp3) is 0.636. The quantitative estimate of drug-likeness (QED) is 0.823. The molecule has 0 radical (unpaired) electrons. The molecule has 0 bridgehead atoms. The highest BCUT2D eigenvalue weighted by atomic mass is 32.1. The average molecular weight is 211 g/mol. The van der Waals surface area contributed by atoms with E-state index in [0.717, 1.165) is 19.6 Å². The van der Waals surface area contributed by atoms with Crippen LogP contribution in [0.4, 0.5) is 0 Å². The first-order valence-electron chi connectivity index (χ1n) is 5.11. The standard InChI is InChI=1S/C11H17NOS/c1-13-9-11(5-3-6-12-11)8-10-4-2-7-14-10/h2,4,7,12H,3,5-6,8-9H2,1H3. The average Bonchev–Trinajstić information content (AvgIpc) is 2.78. The van der Waals surface area contributed by atoms with Gasteiger partial charge in [0.15, 0.2) is 0 Å². The van der Waals surface area contributed by atoms with Gasteiger partial charge in [0.1, 0.15) is 0 Å². The van der Waals surface area contributed by atoms with E-state index >= 15 is 0 Å². The largest absolute Gasteiger partial charge is 0.383 e. The van der Waals surface area contributed by atoms with E-state index in [-0.39, 0.29) is 5.54 Å². The minimum Gasteiger partial charge on any atom is -0.383 e. The lowest BCUT2D eigenvalue weighted by Crippen LogP contribution is -2.45. The molecule has 0 spiro atoms. The second-order valence-corrected chi connectivity index (χ2v) is 5.03. The van der Waals surface area contributed by atoms with Gasteiger partial charge in [0, 0.05) is 23.9 Å². The molecule has 78 valence electrons. The summed E-state index contributed by atoms with van der Waals surface area (Å²) in [5.41, 5.74) is 0.208. The molecule has 14 heavy (non-hydrogen) atoms. The molecule has 1 atom stereocenters. The number of hydrogen-bond donors (Lipinski definition) is 1. The summed E-state index contributed by atoms with van der Waals surface area (Å²) in [4.78, 5) is 1.46. The van der Waals surface area contributed by atoms with Crippen molar-refractivity contribution in [2.75, 3.05) is 20.3 Å². The Morgan fingerprint density at radius 2 is 2.57 bits per heavy atom. The summed E-state index contributed by atoms with van der Waals surface area (Å²) in [6.07, 6.45) is 3.62. The van der Waals surface area contributed by atoms with E-state index in [1.165, 1.54) is 17.7 Å². The predicted octanol–water partition coefficient (Wildman–Crippen LogP) is 2.06. The molecule has 0 aromatic carbocycles. The molecule has 1 fully saturated rings. The van der Waals surface area contributed by atoms with Gasteiger partial charge in [0.2, 0.25) is 0 Å². The summed E-state index contributed by atoms with van der Waals surface area (Å²) in [6, 6.07) is 4.33. The van der Waals surface area contributed by atoms with E-state index in [4.69, 9.17) is 4.74 Å². The third-order valence-electron chi connectivity index (χ3n) is 2.85. The van der Waals surface area contributed by atoms with Crippen LogP contribution in [-0.4, -0.2) is 25.8 Å². The van der Waals surface area contributed by atoms with Crippen LogP contribution in [0.15, 0.2) is 17.5 Å². The second-order valence-electron chi connectivity index (χ2n) is 4.00. The first-order chi connectivity index (χ1) is 6.85. The number of rotatable bonds is 4. The van der Waals surface area contributed by atoms with Crippen molar-refractivity contribution in [2.45, 2.75) is 24.8 Å². The van der Waals surface area contributed by atoms with Crippen LogP contribution in [0.25, 0.3) is 0 Å². The summed E-state index contributed by atoms with van der Waals surface area (Å²) < 4.78 is 5.32. The Hall–Kier alpha value is -0.380. The first-order valence-corrected chi connectivity index (χ1v) is 5.99. The Bertz CT molecular complexity index is 265. The normalized spacial score (nSPS) is 26.9. The minimum atomic E-state index is 0.208. The second kappa shape index (κ2) is 4.43. The SMILES string of the molecule is COCC1(Cc2cccs2)CCCN1. The number of nitrogens with one attached hydrogen (secondary N) is 1. The molecule has 1 N–H and O–H groups in total. The maximum atomic E-state index is 5.32. The van der Waals surface area contributed by atoms with Crippen molar-refractivity contribution >= 4 is 11.3 Å². The summed E-state index contributed by atoms with van der Waals surface area (Å²) in [6.45, 7) is 1.96. The number of ether oxygens (including phenoxy) is 1. The maximum absolute atomic E-state index is 5.32. The molecular formula is C11H17NOS. The molecule has 2 rings (SSSR count). The maximum Gasteiger partial charge on any atom is 0.0648 e. The van der Waals surface area contributed by atoms with E-state index in [2.05, 4.69) is 22.8 Å². The zero-order valence-electron chi connectivity index (χ0n) is 8.58. The van der Waals surface area contributed by atoms with Crippen molar-refractivity contribution < 1.29 is 4.74 Å². The number of methoxy groups -OCH3 is 1. The predicted molar refractivity (Wildman–Crippen MR) is 59.9 cm³/mol. The van der Waals surface area contributed by atoms with Crippen molar-refractivity contribution in [2.24, 2.45) is 0 Å². The molecule has 1 aliphatic heterocycles. The highest BCUT2D eigenvalue weighted by Gasteiger charge is 2.33.